The maximum absolute atomic E-state index is 12.3. The number of nitrogens with one attached hydrogen (secondary N) is 1. The molecule has 0 spiro atoms. The van der Waals surface area contributed by atoms with Crippen LogP contribution >= 0.6 is 11.6 Å². The lowest BCUT2D eigenvalue weighted by atomic mass is 9.86. The van der Waals surface area contributed by atoms with E-state index in [2.05, 4.69) is 4.72 Å². The molecule has 0 aromatic rings. The van der Waals surface area contributed by atoms with Crippen molar-refractivity contribution in [2.24, 2.45) is 5.92 Å². The van der Waals surface area contributed by atoms with Crippen LogP contribution in [0, 0.1) is 5.92 Å². The molecule has 1 N–H and O–H groups in total. The van der Waals surface area contributed by atoms with Crippen molar-refractivity contribution in [2.75, 3.05) is 19.0 Å². The van der Waals surface area contributed by atoms with Crippen molar-refractivity contribution in [1.29, 1.82) is 0 Å². The molecule has 0 aromatic heterocycles. The van der Waals surface area contributed by atoms with Crippen LogP contribution in [0.1, 0.15) is 44.9 Å². The summed E-state index contributed by atoms with van der Waals surface area (Å²) in [5.74, 6) is 0.840. The summed E-state index contributed by atoms with van der Waals surface area (Å²) in [6.45, 7) is 1.32. The van der Waals surface area contributed by atoms with Gasteiger partial charge in [-0.2, -0.15) is 17.4 Å². The molecule has 106 valence electrons. The zero-order valence-corrected chi connectivity index (χ0v) is 12.3. The number of piperidine rings is 1. The lowest BCUT2D eigenvalue weighted by Gasteiger charge is -2.33. The molecule has 4 nitrogen and oxygen atoms in total. The Bertz CT molecular complexity index is 355. The summed E-state index contributed by atoms with van der Waals surface area (Å²) < 4.78 is 29.0. The second-order valence-electron chi connectivity index (χ2n) is 5.39. The van der Waals surface area contributed by atoms with Crippen molar-refractivity contribution in [3.8, 4) is 0 Å². The van der Waals surface area contributed by atoms with Crippen LogP contribution in [0.4, 0.5) is 0 Å². The maximum Gasteiger partial charge on any atom is 0.279 e. The van der Waals surface area contributed by atoms with Gasteiger partial charge in [-0.3, -0.25) is 0 Å². The minimum Gasteiger partial charge on any atom is -0.199 e. The van der Waals surface area contributed by atoms with Crippen molar-refractivity contribution < 1.29 is 8.42 Å². The average molecular weight is 295 g/mol. The summed E-state index contributed by atoms with van der Waals surface area (Å²) in [6.07, 6.45) is 7.32. The van der Waals surface area contributed by atoms with Gasteiger partial charge < -0.3 is 0 Å². The van der Waals surface area contributed by atoms with Crippen LogP contribution in [-0.2, 0) is 10.2 Å². The van der Waals surface area contributed by atoms with Gasteiger partial charge in [0, 0.05) is 25.0 Å². The minimum atomic E-state index is -3.30. The van der Waals surface area contributed by atoms with Crippen LogP contribution in [0.25, 0.3) is 0 Å². The van der Waals surface area contributed by atoms with E-state index in [0.29, 0.717) is 24.9 Å². The van der Waals surface area contributed by atoms with Crippen molar-refractivity contribution in [2.45, 2.75) is 51.0 Å². The topological polar surface area (TPSA) is 49.4 Å². The Balaban J connectivity index is 1.97. The Hall–Kier alpha value is 0.160. The normalized spacial score (nSPS) is 31.4. The first-order valence-electron chi connectivity index (χ1n) is 6.97. The number of nitrogens with zero attached hydrogens (tertiary/aromatic N) is 1. The van der Waals surface area contributed by atoms with Crippen LogP contribution in [0.15, 0.2) is 0 Å². The van der Waals surface area contributed by atoms with Gasteiger partial charge in [0.25, 0.3) is 10.2 Å². The highest BCUT2D eigenvalue weighted by molar-refractivity contribution is 7.87. The zero-order valence-electron chi connectivity index (χ0n) is 10.8. The molecular formula is C12H23ClN2O2S. The third-order valence-electron chi connectivity index (χ3n) is 4.06. The van der Waals surface area contributed by atoms with Gasteiger partial charge in [0.2, 0.25) is 0 Å². The van der Waals surface area contributed by atoms with Crippen LogP contribution in [0.2, 0.25) is 0 Å². The summed E-state index contributed by atoms with van der Waals surface area (Å²) in [5, 5.41) is 0. The third-order valence-corrected chi connectivity index (χ3v) is 6.10. The summed E-state index contributed by atoms with van der Waals surface area (Å²) in [6, 6.07) is 0.0307. The fourth-order valence-corrected chi connectivity index (χ4v) is 4.87. The standard InChI is InChI=1S/C12H23ClN2O2S/c13-10-11-6-2-3-7-12(11)14-18(16,17)15-8-4-1-5-9-15/h11-12,14H,1-10H2. The molecule has 1 heterocycles. The van der Waals surface area contributed by atoms with Gasteiger partial charge in [0.05, 0.1) is 0 Å². The Kier molecular flexibility index (Phi) is 5.30. The molecule has 1 saturated heterocycles. The molecule has 0 amide bonds. The van der Waals surface area contributed by atoms with Crippen LogP contribution < -0.4 is 4.72 Å². The lowest BCUT2D eigenvalue weighted by molar-refractivity contribution is 0.294. The fraction of sp³-hybridized carbons (Fsp3) is 1.00. The quantitative estimate of drug-likeness (QED) is 0.807. The average Bonchev–Trinajstić information content (AvgIpc) is 2.40. The van der Waals surface area contributed by atoms with Crippen LogP contribution in [-0.4, -0.2) is 37.7 Å². The number of hydrogen-bond donors (Lipinski definition) is 1. The molecule has 1 saturated carbocycles. The molecule has 0 aromatic carbocycles. The van der Waals surface area contributed by atoms with E-state index in [1.807, 2.05) is 0 Å². The van der Waals surface area contributed by atoms with Crippen LogP contribution in [0.5, 0.6) is 0 Å². The molecule has 1 aliphatic heterocycles. The largest absolute Gasteiger partial charge is 0.279 e. The van der Waals surface area contributed by atoms with E-state index in [9.17, 15) is 8.42 Å². The van der Waals surface area contributed by atoms with Gasteiger partial charge in [-0.15, -0.1) is 11.6 Å². The molecule has 0 radical (unpaired) electrons. The van der Waals surface area contributed by atoms with Gasteiger partial charge in [-0.25, -0.2) is 0 Å². The highest BCUT2D eigenvalue weighted by Gasteiger charge is 2.31. The van der Waals surface area contributed by atoms with Crippen molar-refractivity contribution >= 4 is 21.8 Å². The number of hydrogen-bond acceptors (Lipinski definition) is 2. The Labute approximate surface area is 115 Å². The van der Waals surface area contributed by atoms with Gasteiger partial charge in [-0.05, 0) is 31.6 Å². The molecule has 2 unspecified atom stereocenters. The predicted octanol–water partition coefficient (Wildman–Crippen LogP) is 2.10. The van der Waals surface area contributed by atoms with E-state index >= 15 is 0 Å². The summed E-state index contributed by atoms with van der Waals surface area (Å²) in [4.78, 5) is 0. The first-order chi connectivity index (χ1) is 8.63. The lowest BCUT2D eigenvalue weighted by Crippen LogP contribution is -2.50. The molecule has 2 aliphatic rings. The second kappa shape index (κ2) is 6.55. The number of rotatable bonds is 4. The van der Waals surface area contributed by atoms with E-state index < -0.39 is 10.2 Å². The van der Waals surface area contributed by atoms with E-state index in [4.69, 9.17) is 11.6 Å². The maximum atomic E-state index is 12.3. The van der Waals surface area contributed by atoms with Crippen molar-refractivity contribution in [1.82, 2.24) is 9.03 Å². The summed E-state index contributed by atoms with van der Waals surface area (Å²) in [7, 11) is -3.30. The SMILES string of the molecule is O=S(=O)(NC1CCCCC1CCl)N1CCCCC1. The molecule has 2 rings (SSSR count). The first-order valence-corrected chi connectivity index (χ1v) is 8.94. The Morgan fingerprint density at radius 3 is 2.39 bits per heavy atom. The Morgan fingerprint density at radius 2 is 1.72 bits per heavy atom. The smallest absolute Gasteiger partial charge is 0.199 e. The first kappa shape index (κ1) is 14.6. The van der Waals surface area contributed by atoms with Gasteiger partial charge in [0.15, 0.2) is 0 Å². The van der Waals surface area contributed by atoms with Gasteiger partial charge in [-0.1, -0.05) is 19.3 Å². The fourth-order valence-electron chi connectivity index (χ4n) is 2.92. The van der Waals surface area contributed by atoms with Crippen LogP contribution in [0.3, 0.4) is 0 Å². The zero-order chi connectivity index (χ0) is 13.0. The van der Waals surface area contributed by atoms with E-state index in [0.717, 1.165) is 38.5 Å². The number of halogens is 1. The molecule has 1 aliphatic carbocycles. The number of alkyl halides is 1. The Morgan fingerprint density at radius 1 is 1.06 bits per heavy atom. The molecule has 2 atom stereocenters. The van der Waals surface area contributed by atoms with Gasteiger partial charge in [0.1, 0.15) is 0 Å². The summed E-state index contributed by atoms with van der Waals surface area (Å²) >= 11 is 5.94. The molecular weight excluding hydrogens is 272 g/mol. The molecule has 2 fully saturated rings. The van der Waals surface area contributed by atoms with E-state index in [1.54, 1.807) is 4.31 Å². The minimum absolute atomic E-state index is 0.0307. The third kappa shape index (κ3) is 3.59. The highest BCUT2D eigenvalue weighted by Crippen LogP contribution is 2.26. The highest BCUT2D eigenvalue weighted by atomic mass is 35.5. The second-order valence-corrected chi connectivity index (χ2v) is 7.40. The van der Waals surface area contributed by atoms with E-state index in [1.165, 1.54) is 6.42 Å². The van der Waals surface area contributed by atoms with Crippen molar-refractivity contribution in [3.63, 3.8) is 0 Å². The van der Waals surface area contributed by atoms with E-state index in [-0.39, 0.29) is 6.04 Å². The van der Waals surface area contributed by atoms with Gasteiger partial charge >= 0.3 is 0 Å². The molecule has 18 heavy (non-hydrogen) atoms. The molecule has 0 bridgehead atoms. The molecule has 6 heteroatoms. The summed E-state index contributed by atoms with van der Waals surface area (Å²) in [5.41, 5.74) is 0. The predicted molar refractivity (Wildman–Crippen MR) is 73.9 cm³/mol. The van der Waals surface area contributed by atoms with Crippen molar-refractivity contribution in [3.05, 3.63) is 0 Å². The monoisotopic (exact) mass is 294 g/mol.